The predicted octanol–water partition coefficient (Wildman–Crippen LogP) is 1.99. The molecule has 0 spiro atoms. The molecule has 1 aromatic heterocycles. The van der Waals surface area contributed by atoms with Crippen LogP contribution >= 0.6 is 0 Å². The number of pyridine rings is 1. The molecule has 72 valence electrons. The number of aromatic nitrogens is 1. The molecule has 0 radical (unpaired) electrons. The van der Waals surface area contributed by atoms with E-state index in [9.17, 15) is 4.79 Å². The zero-order valence-electron chi connectivity index (χ0n) is 9.01. The van der Waals surface area contributed by atoms with Crippen LogP contribution in [0.5, 0.6) is 0 Å². The van der Waals surface area contributed by atoms with E-state index in [0.29, 0.717) is 0 Å². The van der Waals surface area contributed by atoms with E-state index in [0.717, 1.165) is 5.56 Å². The van der Waals surface area contributed by atoms with Gasteiger partial charge in [0.25, 0.3) is 5.56 Å². The second-order valence-electron chi connectivity index (χ2n) is 4.57. The van der Waals surface area contributed by atoms with Crippen molar-refractivity contribution in [3.63, 3.8) is 0 Å². The lowest BCUT2D eigenvalue weighted by Crippen LogP contribution is -2.22. The fourth-order valence-corrected chi connectivity index (χ4v) is 1.51. The van der Waals surface area contributed by atoms with Gasteiger partial charge in [0.2, 0.25) is 0 Å². The van der Waals surface area contributed by atoms with Crippen LogP contribution in [0.15, 0.2) is 17.1 Å². The molecule has 0 unspecified atom stereocenters. The molecule has 0 aliphatic heterocycles. The third-order valence-corrected chi connectivity index (χ3v) is 2.24. The summed E-state index contributed by atoms with van der Waals surface area (Å²) < 4.78 is 1.63. The van der Waals surface area contributed by atoms with Gasteiger partial charge in [-0.3, -0.25) is 4.79 Å². The van der Waals surface area contributed by atoms with Crippen molar-refractivity contribution in [1.82, 2.24) is 4.57 Å². The summed E-state index contributed by atoms with van der Waals surface area (Å²) in [5.74, 6) is 0. The second kappa shape index (κ2) is 3.02. The van der Waals surface area contributed by atoms with E-state index in [1.54, 1.807) is 17.7 Å². The highest BCUT2D eigenvalue weighted by atomic mass is 16.1. The summed E-state index contributed by atoms with van der Waals surface area (Å²) in [5, 5.41) is 0. The lowest BCUT2D eigenvalue weighted by molar-refractivity contribution is 0.576. The molecule has 1 aromatic rings. The van der Waals surface area contributed by atoms with E-state index in [4.69, 9.17) is 0 Å². The Labute approximate surface area is 79.2 Å². The molecule has 0 aliphatic rings. The smallest absolute Gasteiger partial charge is 0.250 e. The molecule has 0 N–H and O–H groups in total. The third kappa shape index (κ3) is 2.00. The van der Waals surface area contributed by atoms with Crippen LogP contribution in [0.1, 0.15) is 31.9 Å². The van der Waals surface area contributed by atoms with Crippen molar-refractivity contribution in [2.45, 2.75) is 33.1 Å². The summed E-state index contributed by atoms with van der Waals surface area (Å²) >= 11 is 0. The van der Waals surface area contributed by atoms with Crippen LogP contribution in [-0.2, 0) is 12.5 Å². The molecule has 2 nitrogen and oxygen atoms in total. The third-order valence-electron chi connectivity index (χ3n) is 2.24. The highest BCUT2D eigenvalue weighted by Crippen LogP contribution is 2.23. The molecule has 0 aliphatic carbocycles. The average Bonchev–Trinajstić information content (AvgIpc) is 1.94. The van der Waals surface area contributed by atoms with E-state index in [-0.39, 0.29) is 11.0 Å². The maximum atomic E-state index is 11.3. The van der Waals surface area contributed by atoms with E-state index in [1.165, 1.54) is 5.56 Å². The van der Waals surface area contributed by atoms with Gasteiger partial charge in [0.15, 0.2) is 0 Å². The summed E-state index contributed by atoms with van der Waals surface area (Å²) in [6.07, 6.45) is 1.93. The Bertz CT molecular complexity index is 369. The Morgan fingerprint density at radius 2 is 1.85 bits per heavy atom. The van der Waals surface area contributed by atoms with Crippen molar-refractivity contribution >= 4 is 0 Å². The van der Waals surface area contributed by atoms with Gasteiger partial charge >= 0.3 is 0 Å². The number of hydrogen-bond acceptors (Lipinski definition) is 1. The van der Waals surface area contributed by atoms with Gasteiger partial charge in [-0.2, -0.15) is 0 Å². The number of aryl methyl sites for hydroxylation is 2. The molecule has 0 saturated carbocycles. The van der Waals surface area contributed by atoms with Gasteiger partial charge in [0.1, 0.15) is 0 Å². The molecule has 0 fully saturated rings. The zero-order valence-corrected chi connectivity index (χ0v) is 9.01. The summed E-state index contributed by atoms with van der Waals surface area (Å²) in [6.45, 7) is 8.45. The van der Waals surface area contributed by atoms with Crippen molar-refractivity contribution < 1.29 is 0 Å². The van der Waals surface area contributed by atoms with Gasteiger partial charge in [-0.15, -0.1) is 0 Å². The van der Waals surface area contributed by atoms with Crippen LogP contribution in [0.2, 0.25) is 0 Å². The van der Waals surface area contributed by atoms with Gasteiger partial charge in [0, 0.05) is 19.3 Å². The highest BCUT2D eigenvalue weighted by Gasteiger charge is 2.16. The Morgan fingerprint density at radius 3 is 2.31 bits per heavy atom. The van der Waals surface area contributed by atoms with E-state index in [2.05, 4.69) is 20.8 Å². The molecule has 1 rings (SSSR count). The van der Waals surface area contributed by atoms with E-state index in [1.807, 2.05) is 13.1 Å². The molecular formula is C11H17NO. The van der Waals surface area contributed by atoms with Crippen LogP contribution in [0.25, 0.3) is 0 Å². The fraction of sp³-hybridized carbons (Fsp3) is 0.545. The molecule has 0 aromatic carbocycles. The van der Waals surface area contributed by atoms with Crippen molar-refractivity contribution in [2.75, 3.05) is 0 Å². The van der Waals surface area contributed by atoms with Gasteiger partial charge in [-0.1, -0.05) is 20.8 Å². The molecule has 1 heterocycles. The Morgan fingerprint density at radius 1 is 1.31 bits per heavy atom. The predicted molar refractivity (Wildman–Crippen MR) is 55.1 cm³/mol. The molecule has 0 bridgehead atoms. The SMILES string of the molecule is Cc1cc(=O)n(C)cc1C(C)(C)C. The Hall–Kier alpha value is -1.05. The Balaban J connectivity index is 3.41. The van der Waals surface area contributed by atoms with Crippen LogP contribution in [0, 0.1) is 6.92 Å². The summed E-state index contributed by atoms with van der Waals surface area (Å²) in [6, 6.07) is 1.70. The van der Waals surface area contributed by atoms with Gasteiger partial charge < -0.3 is 4.57 Å². The first-order valence-electron chi connectivity index (χ1n) is 4.50. The minimum atomic E-state index is 0.0606. The van der Waals surface area contributed by atoms with E-state index < -0.39 is 0 Å². The topological polar surface area (TPSA) is 22.0 Å². The second-order valence-corrected chi connectivity index (χ2v) is 4.57. The van der Waals surface area contributed by atoms with Crippen molar-refractivity contribution in [1.29, 1.82) is 0 Å². The normalized spacial score (nSPS) is 11.8. The molecule has 0 atom stereocenters. The first-order valence-corrected chi connectivity index (χ1v) is 4.50. The minimum Gasteiger partial charge on any atom is -0.318 e. The number of rotatable bonds is 0. The largest absolute Gasteiger partial charge is 0.318 e. The summed E-state index contributed by atoms with van der Waals surface area (Å²) in [4.78, 5) is 11.3. The molecular weight excluding hydrogens is 162 g/mol. The van der Waals surface area contributed by atoms with Crippen molar-refractivity contribution in [3.05, 3.63) is 33.7 Å². The molecule has 13 heavy (non-hydrogen) atoms. The number of nitrogens with zero attached hydrogens (tertiary/aromatic N) is 1. The van der Waals surface area contributed by atoms with E-state index >= 15 is 0 Å². The molecule has 2 heteroatoms. The quantitative estimate of drug-likeness (QED) is 0.597. The lowest BCUT2D eigenvalue weighted by Gasteiger charge is -2.21. The van der Waals surface area contributed by atoms with Crippen LogP contribution < -0.4 is 5.56 Å². The monoisotopic (exact) mass is 179 g/mol. The van der Waals surface area contributed by atoms with Crippen molar-refractivity contribution in [3.8, 4) is 0 Å². The minimum absolute atomic E-state index is 0.0606. The van der Waals surface area contributed by atoms with Crippen LogP contribution in [0.4, 0.5) is 0 Å². The summed E-state index contributed by atoms with van der Waals surface area (Å²) in [5.41, 5.74) is 2.48. The molecule has 0 amide bonds. The fourth-order valence-electron chi connectivity index (χ4n) is 1.51. The van der Waals surface area contributed by atoms with Gasteiger partial charge in [0.05, 0.1) is 0 Å². The maximum absolute atomic E-state index is 11.3. The molecule has 0 saturated heterocycles. The Kier molecular flexibility index (Phi) is 2.33. The lowest BCUT2D eigenvalue weighted by atomic mass is 9.85. The highest BCUT2D eigenvalue weighted by molar-refractivity contribution is 5.28. The number of hydrogen-bond donors (Lipinski definition) is 0. The van der Waals surface area contributed by atoms with Gasteiger partial charge in [-0.25, -0.2) is 0 Å². The standard InChI is InChI=1S/C11H17NO/c1-8-6-10(13)12(5)7-9(8)11(2,3)4/h6-7H,1-5H3. The van der Waals surface area contributed by atoms with Crippen LogP contribution in [0.3, 0.4) is 0 Å². The first-order chi connectivity index (χ1) is 5.82. The van der Waals surface area contributed by atoms with Gasteiger partial charge in [-0.05, 0) is 23.5 Å². The first kappa shape index (κ1) is 10.0. The summed E-state index contributed by atoms with van der Waals surface area (Å²) in [7, 11) is 1.79. The maximum Gasteiger partial charge on any atom is 0.250 e. The van der Waals surface area contributed by atoms with Crippen LogP contribution in [-0.4, -0.2) is 4.57 Å². The zero-order chi connectivity index (χ0) is 10.2. The van der Waals surface area contributed by atoms with Crippen molar-refractivity contribution in [2.24, 2.45) is 7.05 Å². The average molecular weight is 179 g/mol.